The third-order valence-electron chi connectivity index (χ3n) is 5.53. The molecule has 2 unspecified atom stereocenters. The van der Waals surface area contributed by atoms with Gasteiger partial charge in [-0.15, -0.1) is 0 Å². The molecule has 0 N–H and O–H groups in total. The second-order valence-corrected chi connectivity index (χ2v) is 7.27. The molecule has 2 nitrogen and oxygen atoms in total. The van der Waals surface area contributed by atoms with Crippen molar-refractivity contribution in [3.63, 3.8) is 0 Å². The second kappa shape index (κ2) is 6.50. The Hall–Kier alpha value is -0.860. The summed E-state index contributed by atoms with van der Waals surface area (Å²) in [7, 11) is 0. The normalized spacial score (nSPS) is 27.2. The molecule has 0 saturated carbocycles. The van der Waals surface area contributed by atoms with Crippen molar-refractivity contribution in [2.24, 2.45) is 5.92 Å². The summed E-state index contributed by atoms with van der Waals surface area (Å²) in [6, 6.07) is 10.4. The summed E-state index contributed by atoms with van der Waals surface area (Å²) in [6.07, 6.45) is 4.01. The number of benzene rings is 1. The maximum absolute atomic E-state index is 2.78. The van der Waals surface area contributed by atoms with Crippen LogP contribution in [0.3, 0.4) is 0 Å². The molecule has 0 aliphatic carbocycles. The SMILES string of the molecule is Cc1ccccc1CCN1CC2CCCN2CC1C(C)C. The fourth-order valence-electron chi connectivity index (χ4n) is 4.15. The smallest absolute Gasteiger partial charge is 0.0247 e. The van der Waals surface area contributed by atoms with Gasteiger partial charge < -0.3 is 0 Å². The van der Waals surface area contributed by atoms with Crippen molar-refractivity contribution in [3.8, 4) is 0 Å². The molecule has 0 amide bonds. The first-order valence-electron chi connectivity index (χ1n) is 8.67. The van der Waals surface area contributed by atoms with Gasteiger partial charge in [-0.05, 0) is 49.8 Å². The standard InChI is InChI=1S/C19H30N2/c1-15(2)19-14-20-11-6-9-18(20)13-21(19)12-10-17-8-5-4-7-16(17)3/h4-5,7-8,15,18-19H,6,9-14H2,1-3H3. The van der Waals surface area contributed by atoms with Crippen LogP contribution in [0.5, 0.6) is 0 Å². The van der Waals surface area contributed by atoms with Crippen molar-refractivity contribution in [2.45, 2.75) is 52.1 Å². The molecule has 3 rings (SSSR count). The molecule has 0 bridgehead atoms. The van der Waals surface area contributed by atoms with E-state index in [-0.39, 0.29) is 0 Å². The van der Waals surface area contributed by atoms with Crippen LogP contribution in [0, 0.1) is 12.8 Å². The van der Waals surface area contributed by atoms with E-state index >= 15 is 0 Å². The summed E-state index contributed by atoms with van der Waals surface area (Å²) in [4.78, 5) is 5.53. The molecule has 0 radical (unpaired) electrons. The van der Waals surface area contributed by atoms with E-state index in [4.69, 9.17) is 0 Å². The zero-order valence-electron chi connectivity index (χ0n) is 13.9. The minimum atomic E-state index is 0.739. The highest BCUT2D eigenvalue weighted by Gasteiger charge is 2.36. The summed E-state index contributed by atoms with van der Waals surface area (Å²) in [5, 5.41) is 0. The quantitative estimate of drug-likeness (QED) is 0.837. The van der Waals surface area contributed by atoms with Gasteiger partial charge in [0.1, 0.15) is 0 Å². The minimum Gasteiger partial charge on any atom is -0.298 e. The lowest BCUT2D eigenvalue weighted by molar-refractivity contribution is 0.0302. The van der Waals surface area contributed by atoms with E-state index in [1.54, 1.807) is 0 Å². The Balaban J connectivity index is 1.66. The van der Waals surface area contributed by atoms with E-state index in [1.165, 1.54) is 56.6 Å². The Morgan fingerprint density at radius 2 is 2.00 bits per heavy atom. The van der Waals surface area contributed by atoms with E-state index in [9.17, 15) is 0 Å². The highest BCUT2D eigenvalue weighted by Crippen LogP contribution is 2.27. The molecule has 21 heavy (non-hydrogen) atoms. The second-order valence-electron chi connectivity index (χ2n) is 7.27. The molecule has 2 fully saturated rings. The summed E-state index contributed by atoms with van der Waals surface area (Å²) in [5.74, 6) is 0.753. The summed E-state index contributed by atoms with van der Waals surface area (Å²) in [5.41, 5.74) is 2.96. The lowest BCUT2D eigenvalue weighted by Crippen LogP contribution is -2.58. The van der Waals surface area contributed by atoms with Crippen LogP contribution in [-0.4, -0.2) is 48.1 Å². The van der Waals surface area contributed by atoms with Crippen LogP contribution in [-0.2, 0) is 6.42 Å². The predicted molar refractivity (Wildman–Crippen MR) is 89.7 cm³/mol. The first kappa shape index (κ1) is 15.1. The third kappa shape index (κ3) is 3.32. The van der Waals surface area contributed by atoms with E-state index in [0.717, 1.165) is 18.0 Å². The molecule has 1 aromatic rings. The zero-order valence-corrected chi connectivity index (χ0v) is 13.9. The number of hydrogen-bond acceptors (Lipinski definition) is 2. The molecule has 2 aliphatic heterocycles. The fraction of sp³-hybridized carbons (Fsp3) is 0.684. The number of aryl methyl sites for hydroxylation is 1. The molecule has 2 heteroatoms. The van der Waals surface area contributed by atoms with E-state index < -0.39 is 0 Å². The molecule has 1 aromatic carbocycles. The average molecular weight is 286 g/mol. The monoisotopic (exact) mass is 286 g/mol. The Labute approximate surface area is 130 Å². The largest absolute Gasteiger partial charge is 0.298 e. The average Bonchev–Trinajstić information content (AvgIpc) is 2.92. The first-order valence-corrected chi connectivity index (χ1v) is 8.67. The van der Waals surface area contributed by atoms with Crippen molar-refractivity contribution >= 4 is 0 Å². The van der Waals surface area contributed by atoms with Crippen LogP contribution < -0.4 is 0 Å². The highest BCUT2D eigenvalue weighted by atomic mass is 15.3. The van der Waals surface area contributed by atoms with Gasteiger partial charge in [-0.1, -0.05) is 38.1 Å². The Morgan fingerprint density at radius 3 is 2.76 bits per heavy atom. The fourth-order valence-corrected chi connectivity index (χ4v) is 4.15. The molecule has 0 spiro atoms. The van der Waals surface area contributed by atoms with Gasteiger partial charge in [0.2, 0.25) is 0 Å². The zero-order chi connectivity index (χ0) is 14.8. The number of nitrogens with zero attached hydrogens (tertiary/aromatic N) is 2. The van der Waals surface area contributed by atoms with Gasteiger partial charge in [0.15, 0.2) is 0 Å². The molecular weight excluding hydrogens is 256 g/mol. The first-order chi connectivity index (χ1) is 10.1. The molecule has 2 heterocycles. The van der Waals surface area contributed by atoms with Crippen LogP contribution in [0.4, 0.5) is 0 Å². The molecule has 2 aliphatic rings. The number of hydrogen-bond donors (Lipinski definition) is 0. The van der Waals surface area contributed by atoms with Gasteiger partial charge in [-0.25, -0.2) is 0 Å². The predicted octanol–water partition coefficient (Wildman–Crippen LogP) is 3.34. The van der Waals surface area contributed by atoms with Crippen molar-refractivity contribution in [2.75, 3.05) is 26.2 Å². The minimum absolute atomic E-state index is 0.739. The van der Waals surface area contributed by atoms with Gasteiger partial charge in [-0.2, -0.15) is 0 Å². The molecule has 2 saturated heterocycles. The molecular formula is C19H30N2. The van der Waals surface area contributed by atoms with Crippen molar-refractivity contribution < 1.29 is 0 Å². The van der Waals surface area contributed by atoms with Gasteiger partial charge in [0.25, 0.3) is 0 Å². The number of piperazine rings is 1. The maximum atomic E-state index is 2.78. The van der Waals surface area contributed by atoms with E-state index in [1.807, 2.05) is 0 Å². The van der Waals surface area contributed by atoms with Crippen LogP contribution in [0.25, 0.3) is 0 Å². The molecule has 2 atom stereocenters. The Bertz CT molecular complexity index is 468. The molecule has 0 aromatic heterocycles. The Kier molecular flexibility index (Phi) is 4.66. The van der Waals surface area contributed by atoms with Gasteiger partial charge in [-0.3, -0.25) is 9.80 Å². The maximum Gasteiger partial charge on any atom is 0.0247 e. The lowest BCUT2D eigenvalue weighted by Gasteiger charge is -2.45. The van der Waals surface area contributed by atoms with Crippen molar-refractivity contribution in [1.29, 1.82) is 0 Å². The third-order valence-corrected chi connectivity index (χ3v) is 5.53. The van der Waals surface area contributed by atoms with E-state index in [0.29, 0.717) is 0 Å². The number of fused-ring (bicyclic) bond motifs is 1. The van der Waals surface area contributed by atoms with E-state index in [2.05, 4.69) is 54.8 Å². The van der Waals surface area contributed by atoms with Crippen LogP contribution in [0.15, 0.2) is 24.3 Å². The summed E-state index contributed by atoms with van der Waals surface area (Å²) < 4.78 is 0. The summed E-state index contributed by atoms with van der Waals surface area (Å²) >= 11 is 0. The van der Waals surface area contributed by atoms with Gasteiger partial charge >= 0.3 is 0 Å². The van der Waals surface area contributed by atoms with Crippen LogP contribution >= 0.6 is 0 Å². The lowest BCUT2D eigenvalue weighted by atomic mass is 9.96. The van der Waals surface area contributed by atoms with Crippen molar-refractivity contribution in [3.05, 3.63) is 35.4 Å². The molecule has 116 valence electrons. The highest BCUT2D eigenvalue weighted by molar-refractivity contribution is 5.25. The van der Waals surface area contributed by atoms with Crippen LogP contribution in [0.1, 0.15) is 37.8 Å². The number of rotatable bonds is 4. The topological polar surface area (TPSA) is 6.48 Å². The van der Waals surface area contributed by atoms with Crippen LogP contribution in [0.2, 0.25) is 0 Å². The van der Waals surface area contributed by atoms with Crippen molar-refractivity contribution in [1.82, 2.24) is 9.80 Å². The Morgan fingerprint density at radius 1 is 1.19 bits per heavy atom. The summed E-state index contributed by atoms with van der Waals surface area (Å²) in [6.45, 7) is 12.1. The van der Waals surface area contributed by atoms with Gasteiger partial charge in [0, 0.05) is 31.7 Å². The van der Waals surface area contributed by atoms with Gasteiger partial charge in [0.05, 0.1) is 0 Å².